The van der Waals surface area contributed by atoms with E-state index in [1.807, 2.05) is 31.2 Å². The summed E-state index contributed by atoms with van der Waals surface area (Å²) in [6.07, 6.45) is 0. The molecular formula is C15H16O3. The van der Waals surface area contributed by atoms with Gasteiger partial charge < -0.3 is 14.6 Å². The van der Waals surface area contributed by atoms with Crippen molar-refractivity contribution < 1.29 is 14.6 Å². The second-order valence-corrected chi connectivity index (χ2v) is 4.10. The average molecular weight is 244 g/mol. The summed E-state index contributed by atoms with van der Waals surface area (Å²) in [5, 5.41) is 9.35. The Hall–Kier alpha value is -2.16. The van der Waals surface area contributed by atoms with Gasteiger partial charge in [-0.3, -0.25) is 0 Å². The van der Waals surface area contributed by atoms with Gasteiger partial charge in [0.2, 0.25) is 0 Å². The third-order valence-electron chi connectivity index (χ3n) is 2.65. The highest BCUT2D eigenvalue weighted by Gasteiger charge is 2.04. The van der Waals surface area contributed by atoms with Crippen molar-refractivity contribution in [3.8, 4) is 17.2 Å². The molecule has 0 radical (unpaired) electrons. The van der Waals surface area contributed by atoms with Crippen molar-refractivity contribution in [3.05, 3.63) is 53.6 Å². The molecule has 0 bridgehead atoms. The highest BCUT2D eigenvalue weighted by atomic mass is 16.5. The van der Waals surface area contributed by atoms with Gasteiger partial charge in [-0.05, 0) is 31.2 Å². The molecule has 3 nitrogen and oxygen atoms in total. The summed E-state index contributed by atoms with van der Waals surface area (Å²) < 4.78 is 10.9. The Labute approximate surface area is 107 Å². The number of benzene rings is 2. The molecule has 0 spiro atoms. The number of phenols is 1. The number of methoxy groups -OCH3 is 1. The van der Waals surface area contributed by atoms with Gasteiger partial charge in [0, 0.05) is 11.6 Å². The first-order chi connectivity index (χ1) is 8.69. The number of phenolic OH excluding ortho intramolecular Hbond substituents is 1. The van der Waals surface area contributed by atoms with Crippen molar-refractivity contribution in [1.29, 1.82) is 0 Å². The first kappa shape index (κ1) is 12.3. The lowest BCUT2D eigenvalue weighted by Gasteiger charge is -2.11. The van der Waals surface area contributed by atoms with Gasteiger partial charge in [0.15, 0.2) is 0 Å². The van der Waals surface area contributed by atoms with Crippen LogP contribution in [0.1, 0.15) is 11.1 Å². The van der Waals surface area contributed by atoms with Crippen LogP contribution in [0.2, 0.25) is 0 Å². The molecule has 2 aromatic carbocycles. The molecule has 1 N–H and O–H groups in total. The van der Waals surface area contributed by atoms with Crippen LogP contribution in [-0.2, 0) is 6.61 Å². The lowest BCUT2D eigenvalue weighted by atomic mass is 10.1. The minimum Gasteiger partial charge on any atom is -0.508 e. The van der Waals surface area contributed by atoms with Gasteiger partial charge in [0.1, 0.15) is 23.9 Å². The standard InChI is InChI=1S/C15H16O3/c1-11-6-7-15(17-2)12(8-11)10-18-14-5-3-4-13(16)9-14/h3-9,16H,10H2,1-2H3. The van der Waals surface area contributed by atoms with Crippen molar-refractivity contribution in [2.75, 3.05) is 7.11 Å². The number of rotatable bonds is 4. The molecule has 0 atom stereocenters. The molecule has 18 heavy (non-hydrogen) atoms. The zero-order chi connectivity index (χ0) is 13.0. The van der Waals surface area contributed by atoms with E-state index in [0.29, 0.717) is 12.4 Å². The topological polar surface area (TPSA) is 38.7 Å². The number of hydrogen-bond acceptors (Lipinski definition) is 3. The molecule has 0 unspecified atom stereocenters. The predicted octanol–water partition coefficient (Wildman–Crippen LogP) is 3.29. The lowest BCUT2D eigenvalue weighted by Crippen LogP contribution is -1.99. The fourth-order valence-corrected chi connectivity index (χ4v) is 1.75. The molecule has 2 aromatic rings. The van der Waals surface area contributed by atoms with Gasteiger partial charge in [-0.25, -0.2) is 0 Å². The smallest absolute Gasteiger partial charge is 0.125 e. The van der Waals surface area contributed by atoms with E-state index in [9.17, 15) is 5.11 Å². The Bertz CT molecular complexity index is 535. The molecule has 0 aliphatic rings. The van der Waals surface area contributed by atoms with E-state index in [1.54, 1.807) is 25.3 Å². The van der Waals surface area contributed by atoms with E-state index in [1.165, 1.54) is 0 Å². The van der Waals surface area contributed by atoms with Crippen molar-refractivity contribution in [1.82, 2.24) is 0 Å². The zero-order valence-corrected chi connectivity index (χ0v) is 10.5. The fourth-order valence-electron chi connectivity index (χ4n) is 1.75. The van der Waals surface area contributed by atoms with Crippen LogP contribution < -0.4 is 9.47 Å². The van der Waals surface area contributed by atoms with Gasteiger partial charge in [-0.15, -0.1) is 0 Å². The maximum Gasteiger partial charge on any atom is 0.125 e. The fraction of sp³-hybridized carbons (Fsp3) is 0.200. The van der Waals surface area contributed by atoms with Crippen LogP contribution in [0, 0.1) is 6.92 Å². The van der Waals surface area contributed by atoms with Crippen LogP contribution in [-0.4, -0.2) is 12.2 Å². The number of hydrogen-bond donors (Lipinski definition) is 1. The second kappa shape index (κ2) is 5.45. The molecule has 0 aromatic heterocycles. The van der Waals surface area contributed by atoms with E-state index in [4.69, 9.17) is 9.47 Å². The molecule has 0 saturated heterocycles. The van der Waals surface area contributed by atoms with Crippen molar-refractivity contribution in [2.45, 2.75) is 13.5 Å². The first-order valence-electron chi connectivity index (χ1n) is 5.74. The highest BCUT2D eigenvalue weighted by molar-refractivity contribution is 5.37. The Kier molecular flexibility index (Phi) is 3.72. The minimum atomic E-state index is 0.198. The molecule has 0 aliphatic carbocycles. The summed E-state index contributed by atoms with van der Waals surface area (Å²) in [5.41, 5.74) is 2.14. The summed E-state index contributed by atoms with van der Waals surface area (Å²) in [6, 6.07) is 12.7. The number of aromatic hydroxyl groups is 1. The van der Waals surface area contributed by atoms with Crippen LogP contribution in [0.25, 0.3) is 0 Å². The normalized spacial score (nSPS) is 10.1. The van der Waals surface area contributed by atoms with E-state index < -0.39 is 0 Å². The monoisotopic (exact) mass is 244 g/mol. The maximum atomic E-state index is 9.35. The maximum absolute atomic E-state index is 9.35. The van der Waals surface area contributed by atoms with Gasteiger partial charge >= 0.3 is 0 Å². The molecule has 94 valence electrons. The summed E-state index contributed by atoms with van der Waals surface area (Å²) in [4.78, 5) is 0. The van der Waals surface area contributed by atoms with E-state index in [-0.39, 0.29) is 5.75 Å². The minimum absolute atomic E-state index is 0.198. The zero-order valence-electron chi connectivity index (χ0n) is 10.5. The molecule has 0 heterocycles. The Morgan fingerprint density at radius 1 is 1.11 bits per heavy atom. The molecule has 2 rings (SSSR count). The summed E-state index contributed by atoms with van der Waals surface area (Å²) in [7, 11) is 1.64. The second-order valence-electron chi connectivity index (χ2n) is 4.10. The Balaban J connectivity index is 2.12. The third kappa shape index (κ3) is 2.94. The molecule has 0 aliphatic heterocycles. The van der Waals surface area contributed by atoms with E-state index in [2.05, 4.69) is 0 Å². The van der Waals surface area contributed by atoms with Gasteiger partial charge in [-0.2, -0.15) is 0 Å². The van der Waals surface area contributed by atoms with E-state index in [0.717, 1.165) is 16.9 Å². The molecular weight excluding hydrogens is 228 g/mol. The molecule has 3 heteroatoms. The van der Waals surface area contributed by atoms with Crippen LogP contribution in [0.15, 0.2) is 42.5 Å². The SMILES string of the molecule is COc1ccc(C)cc1COc1cccc(O)c1. The van der Waals surface area contributed by atoms with Crippen molar-refractivity contribution in [2.24, 2.45) is 0 Å². The van der Waals surface area contributed by atoms with Crippen LogP contribution >= 0.6 is 0 Å². The van der Waals surface area contributed by atoms with Gasteiger partial charge in [0.05, 0.1) is 7.11 Å². The van der Waals surface area contributed by atoms with Crippen molar-refractivity contribution in [3.63, 3.8) is 0 Å². The summed E-state index contributed by atoms with van der Waals surface area (Å²) >= 11 is 0. The highest BCUT2D eigenvalue weighted by Crippen LogP contribution is 2.23. The van der Waals surface area contributed by atoms with Crippen molar-refractivity contribution >= 4 is 0 Å². The molecule has 0 saturated carbocycles. The van der Waals surface area contributed by atoms with Crippen LogP contribution in [0.4, 0.5) is 0 Å². The molecule has 0 amide bonds. The lowest BCUT2D eigenvalue weighted by molar-refractivity contribution is 0.295. The summed E-state index contributed by atoms with van der Waals surface area (Å²) in [5.74, 6) is 1.64. The molecule has 0 fully saturated rings. The van der Waals surface area contributed by atoms with Crippen LogP contribution in [0.5, 0.6) is 17.2 Å². The average Bonchev–Trinajstić information content (AvgIpc) is 2.37. The predicted molar refractivity (Wildman–Crippen MR) is 70.2 cm³/mol. The van der Waals surface area contributed by atoms with Crippen LogP contribution in [0.3, 0.4) is 0 Å². The van der Waals surface area contributed by atoms with Gasteiger partial charge in [0.25, 0.3) is 0 Å². The van der Waals surface area contributed by atoms with E-state index >= 15 is 0 Å². The quantitative estimate of drug-likeness (QED) is 0.897. The number of aryl methyl sites for hydroxylation is 1. The Morgan fingerprint density at radius 2 is 1.94 bits per heavy atom. The largest absolute Gasteiger partial charge is 0.508 e. The number of ether oxygens (including phenoxy) is 2. The van der Waals surface area contributed by atoms with Gasteiger partial charge in [-0.1, -0.05) is 17.7 Å². The summed E-state index contributed by atoms with van der Waals surface area (Å²) in [6.45, 7) is 2.44. The first-order valence-corrected chi connectivity index (χ1v) is 5.74. The Morgan fingerprint density at radius 3 is 2.67 bits per heavy atom. The third-order valence-corrected chi connectivity index (χ3v) is 2.65.